The number of carbonyl (C=O) groups is 1. The van der Waals surface area contributed by atoms with Gasteiger partial charge < -0.3 is 19.9 Å². The van der Waals surface area contributed by atoms with Crippen LogP contribution in [0, 0.1) is 5.92 Å². The SMILES string of the molecule is COc1ccc(C2(C(=O)N[C@@H]3CC(Cn4cccn4)C[C@H]3O)CCOCC2)cc1. The van der Waals surface area contributed by atoms with Crippen molar-refractivity contribution >= 4 is 5.91 Å². The molecule has 1 amide bonds. The van der Waals surface area contributed by atoms with Gasteiger partial charge in [-0.05, 0) is 55.4 Å². The molecule has 7 nitrogen and oxygen atoms in total. The van der Waals surface area contributed by atoms with E-state index in [1.165, 1.54) is 0 Å². The number of nitrogens with zero attached hydrogens (tertiary/aromatic N) is 2. The number of amides is 1. The van der Waals surface area contributed by atoms with Gasteiger partial charge in [0, 0.05) is 32.2 Å². The van der Waals surface area contributed by atoms with Crippen LogP contribution in [0.3, 0.4) is 0 Å². The van der Waals surface area contributed by atoms with Crippen LogP contribution >= 0.6 is 0 Å². The van der Waals surface area contributed by atoms with Gasteiger partial charge in [0.2, 0.25) is 5.91 Å². The fourth-order valence-electron chi connectivity index (χ4n) is 4.68. The van der Waals surface area contributed by atoms with Crippen LogP contribution in [0.15, 0.2) is 42.7 Å². The molecule has 1 aromatic heterocycles. The molecular weight excluding hydrogens is 370 g/mol. The predicted molar refractivity (Wildman–Crippen MR) is 108 cm³/mol. The zero-order valence-corrected chi connectivity index (χ0v) is 16.8. The summed E-state index contributed by atoms with van der Waals surface area (Å²) < 4.78 is 12.7. The molecule has 2 fully saturated rings. The van der Waals surface area contributed by atoms with Gasteiger partial charge in [0.15, 0.2) is 0 Å². The number of aliphatic hydroxyl groups excluding tert-OH is 1. The highest BCUT2D eigenvalue weighted by Gasteiger charge is 2.44. The van der Waals surface area contributed by atoms with Crippen molar-refractivity contribution in [1.82, 2.24) is 15.1 Å². The van der Waals surface area contributed by atoms with E-state index in [0.717, 1.165) is 24.3 Å². The summed E-state index contributed by atoms with van der Waals surface area (Å²) >= 11 is 0. The molecule has 156 valence electrons. The number of ether oxygens (including phenoxy) is 2. The first kappa shape index (κ1) is 19.9. The van der Waals surface area contributed by atoms with Crippen molar-refractivity contribution in [3.8, 4) is 5.75 Å². The monoisotopic (exact) mass is 399 g/mol. The quantitative estimate of drug-likeness (QED) is 0.775. The molecule has 2 N–H and O–H groups in total. The number of nitrogens with one attached hydrogen (secondary N) is 1. The summed E-state index contributed by atoms with van der Waals surface area (Å²) in [5, 5.41) is 18.0. The molecule has 1 saturated heterocycles. The number of rotatable bonds is 6. The van der Waals surface area contributed by atoms with Crippen molar-refractivity contribution < 1.29 is 19.4 Å². The molecule has 29 heavy (non-hydrogen) atoms. The molecule has 3 atom stereocenters. The maximum Gasteiger partial charge on any atom is 0.231 e. The number of methoxy groups -OCH3 is 1. The van der Waals surface area contributed by atoms with Crippen LogP contribution < -0.4 is 10.1 Å². The Morgan fingerprint density at radius 2 is 2.07 bits per heavy atom. The lowest BCUT2D eigenvalue weighted by Gasteiger charge is -2.37. The molecule has 4 rings (SSSR count). The van der Waals surface area contributed by atoms with E-state index >= 15 is 0 Å². The lowest BCUT2D eigenvalue weighted by atomic mass is 9.73. The van der Waals surface area contributed by atoms with Crippen LogP contribution in [0.25, 0.3) is 0 Å². The van der Waals surface area contributed by atoms with Gasteiger partial charge in [0.1, 0.15) is 5.75 Å². The molecule has 0 spiro atoms. The topological polar surface area (TPSA) is 85.6 Å². The molecule has 0 radical (unpaired) electrons. The van der Waals surface area contributed by atoms with Crippen molar-refractivity contribution in [2.24, 2.45) is 5.92 Å². The van der Waals surface area contributed by atoms with E-state index in [1.54, 1.807) is 13.3 Å². The minimum absolute atomic E-state index is 0.0187. The van der Waals surface area contributed by atoms with Gasteiger partial charge in [-0.25, -0.2) is 0 Å². The van der Waals surface area contributed by atoms with Crippen LogP contribution in [0.1, 0.15) is 31.2 Å². The lowest BCUT2D eigenvalue weighted by Crippen LogP contribution is -2.52. The third kappa shape index (κ3) is 4.16. The van der Waals surface area contributed by atoms with Crippen LogP contribution in [0.2, 0.25) is 0 Å². The number of benzene rings is 1. The number of hydrogen-bond donors (Lipinski definition) is 2. The second kappa shape index (κ2) is 8.55. The summed E-state index contributed by atoms with van der Waals surface area (Å²) in [5.74, 6) is 1.04. The van der Waals surface area contributed by atoms with Crippen molar-refractivity contribution in [1.29, 1.82) is 0 Å². The van der Waals surface area contributed by atoms with Gasteiger partial charge in [-0.2, -0.15) is 5.10 Å². The number of hydrogen-bond acceptors (Lipinski definition) is 5. The van der Waals surface area contributed by atoms with Crippen LogP contribution in [-0.2, 0) is 21.5 Å². The highest BCUT2D eigenvalue weighted by atomic mass is 16.5. The highest BCUT2D eigenvalue weighted by Crippen LogP contribution is 2.37. The zero-order chi connectivity index (χ0) is 20.3. The summed E-state index contributed by atoms with van der Waals surface area (Å²) in [6, 6.07) is 9.38. The fourth-order valence-corrected chi connectivity index (χ4v) is 4.68. The molecular formula is C22H29N3O4. The van der Waals surface area contributed by atoms with Gasteiger partial charge in [0.25, 0.3) is 0 Å². The summed E-state index contributed by atoms with van der Waals surface area (Å²) in [5.41, 5.74) is 0.337. The van der Waals surface area contributed by atoms with E-state index in [2.05, 4.69) is 10.4 Å². The summed E-state index contributed by atoms with van der Waals surface area (Å²) in [6.07, 6.45) is 5.83. The lowest BCUT2D eigenvalue weighted by molar-refractivity contribution is -0.131. The van der Waals surface area contributed by atoms with Gasteiger partial charge in [0.05, 0.1) is 24.7 Å². The first-order valence-corrected chi connectivity index (χ1v) is 10.3. The summed E-state index contributed by atoms with van der Waals surface area (Å²) in [4.78, 5) is 13.5. The van der Waals surface area contributed by atoms with Gasteiger partial charge in [-0.1, -0.05) is 12.1 Å². The average Bonchev–Trinajstić information content (AvgIpc) is 3.38. The highest BCUT2D eigenvalue weighted by molar-refractivity contribution is 5.88. The fraction of sp³-hybridized carbons (Fsp3) is 0.545. The Hall–Kier alpha value is -2.38. The smallest absolute Gasteiger partial charge is 0.231 e. The molecule has 7 heteroatoms. The molecule has 2 aromatic rings. The van der Waals surface area contributed by atoms with E-state index in [-0.39, 0.29) is 11.9 Å². The molecule has 0 bridgehead atoms. The Kier molecular flexibility index (Phi) is 5.87. The van der Waals surface area contributed by atoms with Crippen molar-refractivity contribution in [2.75, 3.05) is 20.3 Å². The van der Waals surface area contributed by atoms with Crippen LogP contribution in [-0.4, -0.2) is 53.3 Å². The third-order valence-electron chi connectivity index (χ3n) is 6.37. The van der Waals surface area contributed by atoms with Crippen LogP contribution in [0.5, 0.6) is 5.75 Å². The Morgan fingerprint density at radius 1 is 1.31 bits per heavy atom. The molecule has 1 aliphatic heterocycles. The Labute approximate surface area is 171 Å². The van der Waals surface area contributed by atoms with Gasteiger partial charge in [-0.15, -0.1) is 0 Å². The van der Waals surface area contributed by atoms with Crippen molar-refractivity contribution in [3.05, 3.63) is 48.3 Å². The number of carbonyl (C=O) groups excluding carboxylic acids is 1. The van der Waals surface area contributed by atoms with Gasteiger partial charge >= 0.3 is 0 Å². The summed E-state index contributed by atoms with van der Waals surface area (Å²) in [7, 11) is 1.63. The van der Waals surface area contributed by atoms with Gasteiger partial charge in [-0.3, -0.25) is 9.48 Å². The molecule has 1 saturated carbocycles. The van der Waals surface area contributed by atoms with Crippen molar-refractivity contribution in [3.63, 3.8) is 0 Å². The second-order valence-electron chi connectivity index (χ2n) is 8.14. The molecule has 2 heterocycles. The second-order valence-corrected chi connectivity index (χ2v) is 8.14. The maximum atomic E-state index is 13.5. The number of aromatic nitrogens is 2. The molecule has 1 aromatic carbocycles. The molecule has 1 aliphatic carbocycles. The normalized spacial score (nSPS) is 26.2. The Balaban J connectivity index is 1.48. The Bertz CT molecular complexity index is 800. The largest absolute Gasteiger partial charge is 0.497 e. The van der Waals surface area contributed by atoms with E-state index in [9.17, 15) is 9.90 Å². The predicted octanol–water partition coefficient (Wildman–Crippen LogP) is 1.90. The zero-order valence-electron chi connectivity index (χ0n) is 16.8. The first-order chi connectivity index (χ1) is 14.1. The standard InChI is InChI=1S/C22H29N3O4/c1-28-18-5-3-17(4-6-18)22(7-11-29-12-8-22)21(27)24-19-13-16(14-20(19)26)15-25-10-2-9-23-25/h2-6,9-10,16,19-20,26H,7-8,11-15H2,1H3,(H,24,27)/t16?,19-,20-/m1/s1. The molecule has 1 unspecified atom stereocenters. The average molecular weight is 399 g/mol. The summed E-state index contributed by atoms with van der Waals surface area (Å²) in [6.45, 7) is 1.86. The first-order valence-electron chi connectivity index (χ1n) is 10.3. The van der Waals surface area contributed by atoms with E-state index < -0.39 is 11.5 Å². The Morgan fingerprint density at radius 3 is 2.72 bits per heavy atom. The van der Waals surface area contributed by atoms with E-state index in [4.69, 9.17) is 9.47 Å². The maximum absolute atomic E-state index is 13.5. The number of aliphatic hydroxyl groups is 1. The van der Waals surface area contributed by atoms with Crippen molar-refractivity contribution in [2.45, 2.75) is 49.8 Å². The minimum atomic E-state index is -0.635. The minimum Gasteiger partial charge on any atom is -0.497 e. The van der Waals surface area contributed by atoms with E-state index in [1.807, 2.05) is 41.2 Å². The third-order valence-corrected chi connectivity index (χ3v) is 6.37. The van der Waals surface area contributed by atoms with Crippen LogP contribution in [0.4, 0.5) is 0 Å². The molecule has 2 aliphatic rings. The van der Waals surface area contributed by atoms with E-state index in [0.29, 0.717) is 38.4 Å².